The van der Waals surface area contributed by atoms with Crippen molar-refractivity contribution in [3.63, 3.8) is 0 Å². The van der Waals surface area contributed by atoms with E-state index in [1.807, 2.05) is 0 Å². The fraction of sp³-hybridized carbons (Fsp3) is 0.543. The Morgan fingerprint density at radius 2 is 1.44 bits per heavy atom. The van der Waals surface area contributed by atoms with Gasteiger partial charge < -0.3 is 27.8 Å². The lowest BCUT2D eigenvalue weighted by atomic mass is 9.99. The maximum atomic E-state index is 14.4. The molecule has 0 aliphatic rings. The first kappa shape index (κ1) is 37.8. The van der Waals surface area contributed by atoms with Crippen molar-refractivity contribution in [3.05, 3.63) is 40.7 Å². The van der Waals surface area contributed by atoms with Gasteiger partial charge in [-0.15, -0.1) is 11.5 Å². The van der Waals surface area contributed by atoms with Crippen LogP contribution in [0.4, 0.5) is 0 Å². The molecule has 0 amide bonds. The van der Waals surface area contributed by atoms with Crippen molar-refractivity contribution in [2.45, 2.75) is 97.6 Å². The number of carbonyl (C=O) groups is 2. The quantitative estimate of drug-likeness (QED) is 0.0358. The van der Waals surface area contributed by atoms with E-state index in [0.717, 1.165) is 0 Å². The van der Waals surface area contributed by atoms with Crippen molar-refractivity contribution in [2.24, 2.45) is 0 Å². The van der Waals surface area contributed by atoms with Crippen molar-refractivity contribution in [1.29, 1.82) is 0 Å². The molecule has 2 rings (SSSR count). The van der Waals surface area contributed by atoms with E-state index in [1.165, 1.54) is 27.4 Å². The lowest BCUT2D eigenvalue weighted by Crippen LogP contribution is -2.50. The standard InChI is InChI=1S/C35H52O8Si2/c1-14-41-35(37)29(21-27-31(39-9)19-26(38-8)20-32(27)40-10)34(36)28-22-33(42-30(28)17-15-16-18-44(11,12)13)43-45(23(2)3,24(4)5)25(6)7/h19-25H,14-15,17H2,1-13H3/b29-21+. The van der Waals surface area contributed by atoms with Crippen LogP contribution in [0, 0.1) is 11.5 Å². The molecule has 0 saturated carbocycles. The van der Waals surface area contributed by atoms with Gasteiger partial charge in [0, 0.05) is 31.0 Å². The van der Waals surface area contributed by atoms with Crippen LogP contribution in [0.3, 0.4) is 0 Å². The first-order valence-corrected chi connectivity index (χ1v) is 21.2. The second-order valence-electron chi connectivity index (χ2n) is 12.9. The fourth-order valence-corrected chi connectivity index (χ4v) is 11.6. The lowest BCUT2D eigenvalue weighted by Gasteiger charge is -2.41. The Morgan fingerprint density at radius 1 is 0.889 bits per heavy atom. The Morgan fingerprint density at radius 3 is 1.89 bits per heavy atom. The van der Waals surface area contributed by atoms with Crippen LogP contribution in [-0.4, -0.2) is 56.1 Å². The number of methoxy groups -OCH3 is 3. The Hall–Kier alpha value is -3.43. The van der Waals surface area contributed by atoms with Gasteiger partial charge >= 0.3 is 5.97 Å². The van der Waals surface area contributed by atoms with Crippen LogP contribution < -0.4 is 18.6 Å². The third-order valence-corrected chi connectivity index (χ3v) is 14.6. The molecule has 1 aromatic carbocycles. The number of carbonyl (C=O) groups excluding carboxylic acids is 2. The van der Waals surface area contributed by atoms with Crippen molar-refractivity contribution in [3.8, 4) is 34.7 Å². The molecule has 0 aliphatic heterocycles. The van der Waals surface area contributed by atoms with Gasteiger partial charge in [0.25, 0.3) is 14.3 Å². The highest BCUT2D eigenvalue weighted by Crippen LogP contribution is 2.44. The van der Waals surface area contributed by atoms with E-state index in [0.29, 0.717) is 41.4 Å². The lowest BCUT2D eigenvalue weighted by molar-refractivity contribution is -0.137. The molecule has 0 N–H and O–H groups in total. The Balaban J connectivity index is 2.80. The third kappa shape index (κ3) is 9.30. The van der Waals surface area contributed by atoms with Crippen molar-refractivity contribution in [1.82, 2.24) is 0 Å². The van der Waals surface area contributed by atoms with Gasteiger partial charge in [0.1, 0.15) is 36.7 Å². The molecule has 1 aromatic heterocycles. The molecule has 10 heteroatoms. The van der Waals surface area contributed by atoms with Gasteiger partial charge in [-0.1, -0.05) is 61.2 Å². The summed E-state index contributed by atoms with van der Waals surface area (Å²) in [6.07, 6.45) is 2.32. The number of rotatable bonds is 15. The van der Waals surface area contributed by atoms with Crippen molar-refractivity contribution >= 4 is 34.2 Å². The zero-order chi connectivity index (χ0) is 34.1. The normalized spacial score (nSPS) is 12.2. The van der Waals surface area contributed by atoms with Gasteiger partial charge in [0.15, 0.2) is 0 Å². The minimum absolute atomic E-state index is 0.0878. The number of Topliss-reactive ketones (excluding diaryl/α,β-unsaturated/α-hetero) is 1. The smallest absolute Gasteiger partial charge is 0.342 e. The fourth-order valence-electron chi connectivity index (χ4n) is 5.75. The van der Waals surface area contributed by atoms with Crippen LogP contribution in [0.5, 0.6) is 23.2 Å². The van der Waals surface area contributed by atoms with E-state index < -0.39 is 28.1 Å². The third-order valence-electron chi connectivity index (χ3n) is 7.74. The molecule has 45 heavy (non-hydrogen) atoms. The van der Waals surface area contributed by atoms with E-state index in [1.54, 1.807) is 25.1 Å². The van der Waals surface area contributed by atoms with Crippen molar-refractivity contribution in [2.75, 3.05) is 27.9 Å². The van der Waals surface area contributed by atoms with E-state index >= 15 is 0 Å². The molecule has 0 aliphatic carbocycles. The number of benzene rings is 1. The van der Waals surface area contributed by atoms with Gasteiger partial charge in [-0.05, 0) is 29.6 Å². The molecule has 0 bridgehead atoms. The Labute approximate surface area is 271 Å². The highest BCUT2D eigenvalue weighted by atomic mass is 28.4. The summed E-state index contributed by atoms with van der Waals surface area (Å²) < 4.78 is 35.0. The summed E-state index contributed by atoms with van der Waals surface area (Å²) in [5.74, 6) is 3.87. The summed E-state index contributed by atoms with van der Waals surface area (Å²) in [7, 11) is 0.514. The number of ether oxygens (including phenoxy) is 4. The second-order valence-corrected chi connectivity index (χ2v) is 23.1. The summed E-state index contributed by atoms with van der Waals surface area (Å²) in [6, 6.07) is 4.94. The molecule has 0 atom stereocenters. The minimum atomic E-state index is -2.41. The van der Waals surface area contributed by atoms with Crippen LogP contribution in [0.15, 0.2) is 28.2 Å². The zero-order valence-corrected chi connectivity index (χ0v) is 31.4. The van der Waals surface area contributed by atoms with E-state index in [2.05, 4.69) is 72.6 Å². The van der Waals surface area contributed by atoms with Crippen LogP contribution in [-0.2, 0) is 16.0 Å². The maximum absolute atomic E-state index is 14.4. The molecule has 0 radical (unpaired) electrons. The molecular weight excluding hydrogens is 605 g/mol. The van der Waals surface area contributed by atoms with Crippen LogP contribution >= 0.6 is 0 Å². The minimum Gasteiger partial charge on any atom is -0.518 e. The van der Waals surface area contributed by atoms with E-state index in [-0.39, 0.29) is 40.3 Å². The molecule has 0 saturated heterocycles. The molecule has 8 nitrogen and oxygen atoms in total. The molecule has 0 spiro atoms. The van der Waals surface area contributed by atoms with Crippen LogP contribution in [0.25, 0.3) is 6.08 Å². The van der Waals surface area contributed by atoms with Gasteiger partial charge in [0.05, 0.1) is 39.1 Å². The van der Waals surface area contributed by atoms with Gasteiger partial charge in [-0.2, -0.15) is 0 Å². The number of aryl methyl sites for hydroxylation is 1. The monoisotopic (exact) mass is 656 g/mol. The molecule has 248 valence electrons. The zero-order valence-electron chi connectivity index (χ0n) is 29.4. The average molecular weight is 657 g/mol. The van der Waals surface area contributed by atoms with Crippen molar-refractivity contribution < 1.29 is 37.4 Å². The number of hydrogen-bond donors (Lipinski definition) is 0. The molecule has 2 aromatic rings. The first-order chi connectivity index (χ1) is 21.1. The van der Waals surface area contributed by atoms with E-state index in [4.69, 9.17) is 27.8 Å². The maximum Gasteiger partial charge on any atom is 0.342 e. The van der Waals surface area contributed by atoms with Gasteiger partial charge in [-0.3, -0.25) is 4.79 Å². The highest BCUT2D eigenvalue weighted by Gasteiger charge is 2.48. The second kappa shape index (κ2) is 16.2. The van der Waals surface area contributed by atoms with E-state index in [9.17, 15) is 9.59 Å². The number of esters is 1. The van der Waals surface area contributed by atoms with Crippen LogP contribution in [0.1, 0.15) is 76.6 Å². The number of ketones is 1. The highest BCUT2D eigenvalue weighted by molar-refractivity contribution is 6.83. The predicted octanol–water partition coefficient (Wildman–Crippen LogP) is 8.50. The molecule has 0 fully saturated rings. The summed E-state index contributed by atoms with van der Waals surface area (Å²) in [5.41, 5.74) is 4.68. The number of hydrogen-bond acceptors (Lipinski definition) is 8. The van der Waals surface area contributed by atoms with Crippen LogP contribution in [0.2, 0.25) is 36.3 Å². The molecule has 1 heterocycles. The van der Waals surface area contributed by atoms with Gasteiger partial charge in [0.2, 0.25) is 5.78 Å². The summed E-state index contributed by atoms with van der Waals surface area (Å²) in [6.45, 7) is 21.4. The summed E-state index contributed by atoms with van der Waals surface area (Å²) in [4.78, 5) is 27.8. The van der Waals surface area contributed by atoms with Gasteiger partial charge in [-0.25, -0.2) is 4.79 Å². The summed E-state index contributed by atoms with van der Waals surface area (Å²) >= 11 is 0. The average Bonchev–Trinajstić information content (AvgIpc) is 3.37. The first-order valence-electron chi connectivity index (χ1n) is 15.6. The Bertz CT molecular complexity index is 1370. The largest absolute Gasteiger partial charge is 0.518 e. The SMILES string of the molecule is CCOC(=O)/C(=C/c1c(OC)cc(OC)cc1OC)C(=O)c1cc(O[Si](C(C)C)(C(C)C)C(C)C)oc1CCC#C[Si](C)(C)C. The molecular formula is C35H52O8Si2. The summed E-state index contributed by atoms with van der Waals surface area (Å²) in [5, 5.41) is 0. The Kier molecular flexibility index (Phi) is 13.6. The topological polar surface area (TPSA) is 93.4 Å². The number of furan rings is 1. The predicted molar refractivity (Wildman–Crippen MR) is 185 cm³/mol. The molecule has 0 unspecified atom stereocenters.